The highest BCUT2D eigenvalue weighted by Gasteiger charge is 2.33. The summed E-state index contributed by atoms with van der Waals surface area (Å²) in [6.45, 7) is 3.65. The van der Waals surface area contributed by atoms with E-state index in [4.69, 9.17) is 0 Å². The molecule has 1 fully saturated rings. The molecule has 2 amide bonds. The van der Waals surface area contributed by atoms with Crippen LogP contribution in [0.2, 0.25) is 0 Å². The molecule has 4 heterocycles. The van der Waals surface area contributed by atoms with E-state index in [2.05, 4.69) is 41.3 Å². The molecule has 1 aromatic carbocycles. The molecule has 10 nitrogen and oxygen atoms in total. The molecule has 38 heavy (non-hydrogen) atoms. The Morgan fingerprint density at radius 3 is 2.61 bits per heavy atom. The lowest BCUT2D eigenvalue weighted by Gasteiger charge is -2.34. The minimum atomic E-state index is -0.612. The van der Waals surface area contributed by atoms with E-state index in [9.17, 15) is 14.4 Å². The van der Waals surface area contributed by atoms with Crippen molar-refractivity contribution in [3.63, 3.8) is 0 Å². The second-order valence-electron chi connectivity index (χ2n) is 9.25. The number of hydrogen-bond acceptors (Lipinski definition) is 7. The number of rotatable bonds is 6. The number of carbonyl (C=O) groups is 3. The molecule has 0 aliphatic carbocycles. The summed E-state index contributed by atoms with van der Waals surface area (Å²) >= 11 is 3.31. The summed E-state index contributed by atoms with van der Waals surface area (Å²) in [6.07, 6.45) is 5.68. The zero-order valence-corrected chi connectivity index (χ0v) is 22.6. The Morgan fingerprint density at radius 1 is 1.08 bits per heavy atom. The standard InChI is InChI=1S/C27H26BrN7O3/c1-16(36)26-20-12-18(19-13-29-17(2)30-14-19)9-10-21(20)35(33-26)15-25(37)34-11-4-3-6-22(34)27(38)32-24-8-5-7-23(28)31-24/h5,7-10,12-14,22H,3-4,6,11,15H2,1-2H3,(H,31,32,38)/t22-/m1/s1. The molecule has 194 valence electrons. The van der Waals surface area contributed by atoms with Crippen LogP contribution in [0.5, 0.6) is 0 Å². The van der Waals surface area contributed by atoms with E-state index in [-0.39, 0.29) is 29.8 Å². The monoisotopic (exact) mass is 575 g/mol. The van der Waals surface area contributed by atoms with Crippen molar-refractivity contribution in [3.8, 4) is 11.1 Å². The normalized spacial score (nSPS) is 15.4. The van der Waals surface area contributed by atoms with Crippen LogP contribution in [-0.4, -0.2) is 59.8 Å². The van der Waals surface area contributed by atoms with E-state index >= 15 is 0 Å². The van der Waals surface area contributed by atoms with Crippen molar-refractivity contribution in [2.45, 2.75) is 45.7 Å². The number of fused-ring (bicyclic) bond motifs is 1. The molecule has 5 rings (SSSR count). The maximum absolute atomic E-state index is 13.5. The Hall–Kier alpha value is -3.99. The summed E-state index contributed by atoms with van der Waals surface area (Å²) in [5, 5.41) is 7.97. The van der Waals surface area contributed by atoms with Crippen molar-refractivity contribution in [1.82, 2.24) is 29.6 Å². The molecule has 3 aromatic heterocycles. The zero-order chi connectivity index (χ0) is 26.8. The van der Waals surface area contributed by atoms with Crippen molar-refractivity contribution in [1.29, 1.82) is 0 Å². The number of piperidine rings is 1. The van der Waals surface area contributed by atoms with E-state index in [0.29, 0.717) is 40.1 Å². The molecule has 1 atom stereocenters. The molecule has 0 unspecified atom stereocenters. The van der Waals surface area contributed by atoms with Gasteiger partial charge in [0.2, 0.25) is 11.8 Å². The van der Waals surface area contributed by atoms with Crippen LogP contribution in [-0.2, 0) is 16.1 Å². The maximum Gasteiger partial charge on any atom is 0.248 e. The van der Waals surface area contributed by atoms with E-state index in [1.807, 2.05) is 25.1 Å². The molecule has 4 aromatic rings. The van der Waals surface area contributed by atoms with Gasteiger partial charge < -0.3 is 10.2 Å². The molecule has 1 aliphatic heterocycles. The lowest BCUT2D eigenvalue weighted by Crippen LogP contribution is -2.51. The minimum absolute atomic E-state index is 0.0876. The Bertz CT molecular complexity index is 1530. The Labute approximate surface area is 227 Å². The summed E-state index contributed by atoms with van der Waals surface area (Å²) in [6, 6.07) is 10.3. The lowest BCUT2D eigenvalue weighted by molar-refractivity contribution is -0.141. The van der Waals surface area contributed by atoms with Crippen LogP contribution in [0.3, 0.4) is 0 Å². The second kappa shape index (κ2) is 10.8. The molecular formula is C27H26BrN7O3. The zero-order valence-electron chi connectivity index (χ0n) is 21.0. The molecule has 11 heteroatoms. The van der Waals surface area contributed by atoms with Gasteiger partial charge in [-0.2, -0.15) is 5.10 Å². The summed E-state index contributed by atoms with van der Waals surface area (Å²) < 4.78 is 2.15. The number of aromatic nitrogens is 5. The van der Waals surface area contributed by atoms with E-state index in [1.165, 1.54) is 6.92 Å². The van der Waals surface area contributed by atoms with Crippen LogP contribution < -0.4 is 5.32 Å². The van der Waals surface area contributed by atoms with Gasteiger partial charge in [0.1, 0.15) is 34.5 Å². The highest BCUT2D eigenvalue weighted by molar-refractivity contribution is 9.10. The summed E-state index contributed by atoms with van der Waals surface area (Å²) in [7, 11) is 0. The van der Waals surface area contributed by atoms with Gasteiger partial charge in [0.25, 0.3) is 0 Å². The van der Waals surface area contributed by atoms with Crippen molar-refractivity contribution < 1.29 is 14.4 Å². The van der Waals surface area contributed by atoms with E-state index < -0.39 is 6.04 Å². The fraction of sp³-hybridized carbons (Fsp3) is 0.296. The number of nitrogens with zero attached hydrogens (tertiary/aromatic N) is 6. The van der Waals surface area contributed by atoms with Crippen LogP contribution in [0.1, 0.15) is 42.5 Å². The average Bonchev–Trinajstić information content (AvgIpc) is 3.27. The first kappa shape index (κ1) is 25.7. The van der Waals surface area contributed by atoms with Gasteiger partial charge in [-0.3, -0.25) is 19.1 Å². The fourth-order valence-electron chi connectivity index (χ4n) is 4.69. The highest BCUT2D eigenvalue weighted by Crippen LogP contribution is 2.27. The number of ketones is 1. The summed E-state index contributed by atoms with van der Waals surface area (Å²) in [4.78, 5) is 53.4. The highest BCUT2D eigenvalue weighted by atomic mass is 79.9. The number of hydrogen-bond donors (Lipinski definition) is 1. The third-order valence-electron chi connectivity index (χ3n) is 6.58. The maximum atomic E-state index is 13.5. The van der Waals surface area contributed by atoms with Crippen molar-refractivity contribution >= 4 is 50.2 Å². The molecule has 0 bridgehead atoms. The first-order valence-electron chi connectivity index (χ1n) is 12.3. The molecule has 1 aliphatic rings. The predicted molar refractivity (Wildman–Crippen MR) is 145 cm³/mol. The third-order valence-corrected chi connectivity index (χ3v) is 7.02. The molecule has 0 spiro atoms. The predicted octanol–water partition coefficient (Wildman–Crippen LogP) is 4.18. The van der Waals surface area contributed by atoms with Crippen LogP contribution in [0.25, 0.3) is 22.0 Å². The lowest BCUT2D eigenvalue weighted by atomic mass is 10.0. The SMILES string of the molecule is CC(=O)c1nn(CC(=O)N2CCCC[C@@H]2C(=O)Nc2cccc(Br)n2)c2ccc(-c3cnc(C)nc3)cc12. The quantitative estimate of drug-likeness (QED) is 0.270. The van der Waals surface area contributed by atoms with Gasteiger partial charge in [-0.1, -0.05) is 12.1 Å². The van der Waals surface area contributed by atoms with Crippen molar-refractivity contribution in [2.24, 2.45) is 0 Å². The molecule has 1 saturated heterocycles. The van der Waals surface area contributed by atoms with E-state index in [1.54, 1.807) is 40.2 Å². The number of halogens is 1. The van der Waals surface area contributed by atoms with Crippen LogP contribution in [0.15, 0.2) is 53.4 Å². The van der Waals surface area contributed by atoms with Gasteiger partial charge >= 0.3 is 0 Å². The van der Waals surface area contributed by atoms with Gasteiger partial charge in [0.05, 0.1) is 5.52 Å². The number of carbonyl (C=O) groups excluding carboxylic acids is 3. The van der Waals surface area contributed by atoms with E-state index in [0.717, 1.165) is 24.0 Å². The first-order valence-corrected chi connectivity index (χ1v) is 13.1. The van der Waals surface area contributed by atoms with Gasteiger partial charge in [0, 0.05) is 36.8 Å². The smallest absolute Gasteiger partial charge is 0.248 e. The number of anilines is 1. The van der Waals surface area contributed by atoms with Gasteiger partial charge in [-0.05, 0) is 71.9 Å². The Kier molecular flexibility index (Phi) is 7.28. The van der Waals surface area contributed by atoms with Crippen LogP contribution in [0, 0.1) is 6.92 Å². The van der Waals surface area contributed by atoms with Crippen LogP contribution >= 0.6 is 15.9 Å². The molecule has 0 saturated carbocycles. The first-order chi connectivity index (χ1) is 18.3. The summed E-state index contributed by atoms with van der Waals surface area (Å²) in [5.74, 6) is 0.380. The van der Waals surface area contributed by atoms with Crippen molar-refractivity contribution in [3.05, 3.63) is 64.9 Å². The topological polar surface area (TPSA) is 123 Å². The number of pyridine rings is 1. The minimum Gasteiger partial charge on any atom is -0.329 e. The van der Waals surface area contributed by atoms with Gasteiger partial charge in [-0.25, -0.2) is 15.0 Å². The number of amides is 2. The average molecular weight is 576 g/mol. The number of aryl methyl sites for hydroxylation is 1. The third kappa shape index (κ3) is 5.33. The summed E-state index contributed by atoms with van der Waals surface area (Å²) in [5.41, 5.74) is 2.62. The van der Waals surface area contributed by atoms with Gasteiger partial charge in [0.15, 0.2) is 5.78 Å². The number of benzene rings is 1. The Balaban J connectivity index is 1.40. The number of nitrogens with one attached hydrogen (secondary N) is 1. The van der Waals surface area contributed by atoms with Crippen molar-refractivity contribution in [2.75, 3.05) is 11.9 Å². The molecular weight excluding hydrogens is 550 g/mol. The van der Waals surface area contributed by atoms with Gasteiger partial charge in [-0.15, -0.1) is 0 Å². The van der Waals surface area contributed by atoms with Crippen LogP contribution in [0.4, 0.5) is 5.82 Å². The molecule has 0 radical (unpaired) electrons. The number of Topliss-reactive ketones (excluding diaryl/α,β-unsaturated/α-hetero) is 1. The largest absolute Gasteiger partial charge is 0.329 e. The molecule has 1 N–H and O–H groups in total. The number of likely N-dealkylation sites (tertiary alicyclic amines) is 1. The Morgan fingerprint density at radius 2 is 1.87 bits per heavy atom. The second-order valence-corrected chi connectivity index (χ2v) is 10.1. The fourth-order valence-corrected chi connectivity index (χ4v) is 5.03.